The van der Waals surface area contributed by atoms with Crippen LogP contribution in [0.25, 0.3) is 11.3 Å². The van der Waals surface area contributed by atoms with Crippen LogP contribution in [-0.2, 0) is 6.54 Å². The molecule has 6 bridgehead atoms. The number of fused-ring (bicyclic) bond motifs is 7. The second kappa shape index (κ2) is 9.07. The molecule has 6 heteroatoms. The Bertz CT molecular complexity index is 1020. The van der Waals surface area contributed by atoms with Gasteiger partial charge in [0, 0.05) is 35.6 Å². The Morgan fingerprint density at radius 1 is 1.10 bits per heavy atom. The van der Waals surface area contributed by atoms with Gasteiger partial charge in [-0.2, -0.15) is 0 Å². The number of halogens is 1. The Kier molecular flexibility index (Phi) is 6.08. The first kappa shape index (κ1) is 19.4. The monoisotopic (exact) mass is 406 g/mol. The highest BCUT2D eigenvalue weighted by Crippen LogP contribution is 2.26. The highest BCUT2D eigenvalue weighted by Gasteiger charge is 2.08. The number of ether oxygens (including phenoxy) is 1. The summed E-state index contributed by atoms with van der Waals surface area (Å²) in [5.74, 6) is 1.38. The number of hydrogen-bond donors (Lipinski definition) is 1. The molecule has 0 radical (unpaired) electrons. The minimum Gasteiger partial charge on any atom is -0.493 e. The number of benzene rings is 2. The van der Waals surface area contributed by atoms with E-state index in [-0.39, 0.29) is 0 Å². The van der Waals surface area contributed by atoms with E-state index >= 15 is 0 Å². The van der Waals surface area contributed by atoms with E-state index in [0.717, 1.165) is 52.8 Å². The Hall–Kier alpha value is -2.89. The lowest BCUT2D eigenvalue weighted by Gasteiger charge is -2.17. The zero-order valence-electron chi connectivity index (χ0n) is 16.3. The summed E-state index contributed by atoms with van der Waals surface area (Å²) in [7, 11) is 2.08. The summed E-state index contributed by atoms with van der Waals surface area (Å²) in [6.45, 7) is 2.23. The zero-order chi connectivity index (χ0) is 20.1. The summed E-state index contributed by atoms with van der Waals surface area (Å²) >= 11 is 6.42. The maximum Gasteiger partial charge on any atom is 0.227 e. The molecule has 5 nitrogen and oxygen atoms in total. The van der Waals surface area contributed by atoms with E-state index in [1.807, 2.05) is 42.5 Å². The van der Waals surface area contributed by atoms with E-state index in [1.54, 1.807) is 6.20 Å². The van der Waals surface area contributed by atoms with Crippen molar-refractivity contribution in [2.75, 3.05) is 25.5 Å². The van der Waals surface area contributed by atoms with Gasteiger partial charge in [0.15, 0.2) is 0 Å². The van der Waals surface area contributed by atoms with Gasteiger partial charge < -0.3 is 10.1 Å². The summed E-state index contributed by atoms with van der Waals surface area (Å²) in [4.78, 5) is 11.2. The van der Waals surface area contributed by atoms with Crippen LogP contribution in [0.4, 0.5) is 11.6 Å². The smallest absolute Gasteiger partial charge is 0.227 e. The van der Waals surface area contributed by atoms with E-state index in [0.29, 0.717) is 12.6 Å². The van der Waals surface area contributed by atoms with Crippen molar-refractivity contribution in [2.24, 2.45) is 0 Å². The minimum atomic E-state index is 0.541. The van der Waals surface area contributed by atoms with E-state index in [1.165, 1.54) is 0 Å². The normalized spacial score (nSPS) is 16.1. The molecule has 0 aliphatic carbocycles. The van der Waals surface area contributed by atoms with Gasteiger partial charge in [0.1, 0.15) is 5.75 Å². The van der Waals surface area contributed by atoms with Crippen LogP contribution < -0.4 is 10.1 Å². The highest BCUT2D eigenvalue weighted by atomic mass is 35.5. The third-order valence-electron chi connectivity index (χ3n) is 4.66. The number of hydrogen-bond acceptors (Lipinski definition) is 5. The van der Waals surface area contributed by atoms with Gasteiger partial charge in [-0.15, -0.1) is 0 Å². The van der Waals surface area contributed by atoms with Crippen LogP contribution in [0, 0.1) is 0 Å². The number of rotatable bonds is 0. The Morgan fingerprint density at radius 2 is 2.03 bits per heavy atom. The molecule has 29 heavy (non-hydrogen) atoms. The maximum atomic E-state index is 6.42. The van der Waals surface area contributed by atoms with Crippen LogP contribution in [-0.4, -0.2) is 35.1 Å². The molecule has 1 N–H and O–H groups in total. The predicted molar refractivity (Wildman–Crippen MR) is 118 cm³/mol. The Labute approximate surface area is 176 Å². The lowest BCUT2D eigenvalue weighted by atomic mass is 10.1. The Morgan fingerprint density at radius 3 is 2.97 bits per heavy atom. The van der Waals surface area contributed by atoms with Gasteiger partial charge in [-0.05, 0) is 55.4 Å². The fourth-order valence-electron chi connectivity index (χ4n) is 3.20. The van der Waals surface area contributed by atoms with Gasteiger partial charge >= 0.3 is 0 Å². The second-order valence-electron chi connectivity index (χ2n) is 7.03. The molecule has 0 spiro atoms. The Balaban J connectivity index is 1.69. The molecule has 3 aromatic rings. The summed E-state index contributed by atoms with van der Waals surface area (Å²) in [6.07, 6.45) is 6.93. The number of nitrogens with one attached hydrogen (secondary N) is 1. The molecule has 148 valence electrons. The zero-order valence-corrected chi connectivity index (χ0v) is 17.1. The molecule has 1 aliphatic rings. The fraction of sp³-hybridized carbons (Fsp3) is 0.217. The molecule has 0 saturated carbocycles. The van der Waals surface area contributed by atoms with Crippen molar-refractivity contribution in [2.45, 2.75) is 13.0 Å². The van der Waals surface area contributed by atoms with E-state index in [4.69, 9.17) is 16.3 Å². The van der Waals surface area contributed by atoms with Crippen molar-refractivity contribution in [3.05, 3.63) is 77.5 Å². The molecule has 0 atom stereocenters. The lowest BCUT2D eigenvalue weighted by Crippen LogP contribution is -2.18. The van der Waals surface area contributed by atoms with Crippen LogP contribution in [0.3, 0.4) is 0 Å². The molecule has 0 saturated heterocycles. The van der Waals surface area contributed by atoms with Crippen LogP contribution in [0.15, 0.2) is 66.9 Å². The maximum absolute atomic E-state index is 6.42. The molecule has 0 amide bonds. The van der Waals surface area contributed by atoms with Gasteiger partial charge in [-0.25, -0.2) is 9.97 Å². The van der Waals surface area contributed by atoms with Gasteiger partial charge in [0.05, 0.1) is 12.3 Å². The van der Waals surface area contributed by atoms with Crippen molar-refractivity contribution >= 4 is 23.2 Å². The summed E-state index contributed by atoms with van der Waals surface area (Å²) in [5.41, 5.74) is 3.79. The van der Waals surface area contributed by atoms with E-state index < -0.39 is 0 Å². The van der Waals surface area contributed by atoms with Crippen LogP contribution in [0.5, 0.6) is 5.75 Å². The number of nitrogens with zero attached hydrogens (tertiary/aromatic N) is 3. The van der Waals surface area contributed by atoms with Crippen molar-refractivity contribution < 1.29 is 4.74 Å². The van der Waals surface area contributed by atoms with E-state index in [9.17, 15) is 0 Å². The minimum absolute atomic E-state index is 0.541. The molecule has 0 fully saturated rings. The molecule has 1 aliphatic heterocycles. The van der Waals surface area contributed by atoms with Crippen molar-refractivity contribution in [3.63, 3.8) is 0 Å². The van der Waals surface area contributed by atoms with Gasteiger partial charge in [-0.1, -0.05) is 35.9 Å². The summed E-state index contributed by atoms with van der Waals surface area (Å²) in [5, 5.41) is 4.04. The predicted octanol–water partition coefficient (Wildman–Crippen LogP) is 5.31. The summed E-state index contributed by atoms with van der Waals surface area (Å²) < 4.78 is 5.90. The van der Waals surface area contributed by atoms with Gasteiger partial charge in [0.25, 0.3) is 0 Å². The number of anilines is 2. The number of aromatic nitrogens is 2. The number of likely N-dealkylation sites (N-methyl/N-ethyl adjacent to an activating group) is 1. The average molecular weight is 407 g/mol. The average Bonchev–Trinajstić information content (AvgIpc) is 2.73. The van der Waals surface area contributed by atoms with E-state index in [2.05, 4.69) is 45.5 Å². The first-order valence-electron chi connectivity index (χ1n) is 9.63. The molecule has 1 aromatic heterocycles. The van der Waals surface area contributed by atoms with Crippen LogP contribution in [0.1, 0.15) is 12.0 Å². The molecule has 2 aromatic carbocycles. The second-order valence-corrected chi connectivity index (χ2v) is 7.44. The van der Waals surface area contributed by atoms with Crippen LogP contribution in [0.2, 0.25) is 5.02 Å². The third kappa shape index (κ3) is 5.13. The van der Waals surface area contributed by atoms with Gasteiger partial charge in [-0.3, -0.25) is 4.90 Å². The SMILES string of the molecule is CN1C/C=C/CCOc2cccc(c2)-c2ccnc(n2)Nc2ccc(Cl)c(c2)C1. The van der Waals surface area contributed by atoms with Crippen molar-refractivity contribution in [1.82, 2.24) is 14.9 Å². The first-order valence-corrected chi connectivity index (χ1v) is 10.0. The van der Waals surface area contributed by atoms with Crippen LogP contribution >= 0.6 is 11.6 Å². The topological polar surface area (TPSA) is 50.3 Å². The molecule has 4 rings (SSSR count). The quantitative estimate of drug-likeness (QED) is 0.512. The summed E-state index contributed by atoms with van der Waals surface area (Å²) in [6, 6.07) is 15.8. The molecule has 2 heterocycles. The molecular weight excluding hydrogens is 384 g/mol. The third-order valence-corrected chi connectivity index (χ3v) is 5.03. The first-order chi connectivity index (χ1) is 14.2. The van der Waals surface area contributed by atoms with Crippen molar-refractivity contribution in [3.8, 4) is 17.0 Å². The largest absolute Gasteiger partial charge is 0.493 e. The highest BCUT2D eigenvalue weighted by molar-refractivity contribution is 6.31. The standard InChI is InChI=1S/C23H23ClN4O/c1-28-12-3-2-4-13-29-20-7-5-6-17(15-20)22-10-11-25-23(27-22)26-19-8-9-21(24)18(14-19)16-28/h2-3,5-11,14-15H,4,12-13,16H2,1H3,(H,25,26,27)/b3-2+. The van der Waals surface area contributed by atoms with Gasteiger partial charge in [0.2, 0.25) is 5.95 Å². The molecule has 0 unspecified atom stereocenters. The molecular formula is C23H23ClN4O. The van der Waals surface area contributed by atoms with Crippen molar-refractivity contribution in [1.29, 1.82) is 0 Å². The lowest BCUT2D eigenvalue weighted by molar-refractivity contribution is 0.324. The fourth-order valence-corrected chi connectivity index (χ4v) is 3.38.